The molecule has 0 aliphatic heterocycles. The van der Waals surface area contributed by atoms with Gasteiger partial charge >= 0.3 is 0 Å². The van der Waals surface area contributed by atoms with Crippen LogP contribution >= 0.6 is 0 Å². The molecule has 11 heavy (non-hydrogen) atoms. The first-order valence-corrected chi connectivity index (χ1v) is 4.15. The second-order valence-electron chi connectivity index (χ2n) is 2.96. The van der Waals surface area contributed by atoms with E-state index in [2.05, 4.69) is 52.0 Å². The molecule has 0 nitrogen and oxygen atoms in total. The van der Waals surface area contributed by atoms with Gasteiger partial charge in [0.1, 0.15) is 0 Å². The zero-order valence-electron chi connectivity index (χ0n) is 8.02. The van der Waals surface area contributed by atoms with Crippen molar-refractivity contribution < 1.29 is 0 Å². The minimum atomic E-state index is 1.12. The normalized spacial score (nSPS) is 12.2. The van der Waals surface area contributed by atoms with E-state index >= 15 is 0 Å². The molecule has 0 aliphatic carbocycles. The summed E-state index contributed by atoms with van der Waals surface area (Å²) in [5, 5.41) is 0. The summed E-state index contributed by atoms with van der Waals surface area (Å²) in [5.74, 6) is 0. The van der Waals surface area contributed by atoms with Crippen molar-refractivity contribution in [2.75, 3.05) is 0 Å². The Balaban J connectivity index is 3.93. The van der Waals surface area contributed by atoms with Crippen molar-refractivity contribution in [2.45, 2.75) is 34.1 Å². The van der Waals surface area contributed by atoms with Crippen molar-refractivity contribution in [3.8, 4) is 0 Å². The fourth-order valence-electron chi connectivity index (χ4n) is 0.782. The van der Waals surface area contributed by atoms with E-state index in [0.29, 0.717) is 0 Å². The van der Waals surface area contributed by atoms with Gasteiger partial charge in [-0.05, 0) is 27.2 Å². The van der Waals surface area contributed by atoms with Crippen molar-refractivity contribution in [2.24, 2.45) is 0 Å². The van der Waals surface area contributed by atoms with Crippen LogP contribution in [0.25, 0.3) is 0 Å². The van der Waals surface area contributed by atoms with Crippen LogP contribution in [0.1, 0.15) is 34.1 Å². The summed E-state index contributed by atoms with van der Waals surface area (Å²) in [6.45, 7) is 8.48. The van der Waals surface area contributed by atoms with Gasteiger partial charge in [-0.1, -0.05) is 42.4 Å². The molecule has 62 valence electrons. The lowest BCUT2D eigenvalue weighted by atomic mass is 10.2. The van der Waals surface area contributed by atoms with E-state index in [9.17, 15) is 0 Å². The number of rotatable bonds is 3. The maximum Gasteiger partial charge on any atom is -0.0374 e. The van der Waals surface area contributed by atoms with Crippen LogP contribution in [-0.4, -0.2) is 0 Å². The fourth-order valence-corrected chi connectivity index (χ4v) is 0.782. The first-order chi connectivity index (χ1) is 5.16. The SMILES string of the molecule is CCC=C(C)C=CC=C(C)C. The third kappa shape index (κ3) is 7.11. The quantitative estimate of drug-likeness (QED) is 0.536. The standard InChI is InChI=1S/C11H18/c1-5-7-11(4)9-6-8-10(2)3/h6-9H,5H2,1-4H3. The average molecular weight is 150 g/mol. The van der Waals surface area contributed by atoms with E-state index in [0.717, 1.165) is 6.42 Å². The summed E-state index contributed by atoms with van der Waals surface area (Å²) in [5.41, 5.74) is 2.68. The van der Waals surface area contributed by atoms with Crippen LogP contribution < -0.4 is 0 Å². The molecule has 0 aromatic carbocycles. The predicted octanol–water partition coefficient (Wildman–Crippen LogP) is 3.87. The molecule has 0 fully saturated rings. The zero-order valence-corrected chi connectivity index (χ0v) is 8.02. The van der Waals surface area contributed by atoms with Gasteiger partial charge in [-0.2, -0.15) is 0 Å². The molecule has 0 atom stereocenters. The van der Waals surface area contributed by atoms with E-state index in [1.165, 1.54) is 11.1 Å². The summed E-state index contributed by atoms with van der Waals surface area (Å²) in [7, 11) is 0. The van der Waals surface area contributed by atoms with E-state index in [4.69, 9.17) is 0 Å². The highest BCUT2D eigenvalue weighted by molar-refractivity contribution is 5.21. The van der Waals surface area contributed by atoms with Crippen LogP contribution in [0.3, 0.4) is 0 Å². The van der Waals surface area contributed by atoms with Gasteiger partial charge < -0.3 is 0 Å². The monoisotopic (exact) mass is 150 g/mol. The molecule has 0 aromatic heterocycles. The number of hydrogen-bond acceptors (Lipinski definition) is 0. The van der Waals surface area contributed by atoms with Crippen molar-refractivity contribution in [3.05, 3.63) is 35.5 Å². The van der Waals surface area contributed by atoms with Crippen LogP contribution in [0.5, 0.6) is 0 Å². The van der Waals surface area contributed by atoms with Crippen molar-refractivity contribution >= 4 is 0 Å². The topological polar surface area (TPSA) is 0 Å². The zero-order chi connectivity index (χ0) is 8.69. The summed E-state index contributed by atoms with van der Waals surface area (Å²) >= 11 is 0. The minimum absolute atomic E-state index is 1.12. The molecule has 0 amide bonds. The Hall–Kier alpha value is -0.780. The molecule has 0 aromatic rings. The summed E-state index contributed by atoms with van der Waals surface area (Å²) in [4.78, 5) is 0. The lowest BCUT2D eigenvalue weighted by Crippen LogP contribution is -1.66. The van der Waals surface area contributed by atoms with Crippen LogP contribution in [0.15, 0.2) is 35.5 Å². The van der Waals surface area contributed by atoms with Crippen molar-refractivity contribution in [3.63, 3.8) is 0 Å². The molecule has 0 rings (SSSR count). The van der Waals surface area contributed by atoms with Gasteiger partial charge in [0, 0.05) is 0 Å². The first kappa shape index (κ1) is 10.2. The van der Waals surface area contributed by atoms with Crippen LogP contribution in [0.4, 0.5) is 0 Å². The predicted molar refractivity (Wildman–Crippen MR) is 52.6 cm³/mol. The van der Waals surface area contributed by atoms with Crippen molar-refractivity contribution in [1.82, 2.24) is 0 Å². The van der Waals surface area contributed by atoms with E-state index in [1.807, 2.05) is 0 Å². The smallest absolute Gasteiger partial charge is 0.0374 e. The second kappa shape index (κ2) is 5.96. The molecule has 0 unspecified atom stereocenters. The maximum atomic E-state index is 2.22. The molecule has 0 spiro atoms. The van der Waals surface area contributed by atoms with Gasteiger partial charge in [0.05, 0.1) is 0 Å². The number of allylic oxidation sites excluding steroid dienone is 6. The summed E-state index contributed by atoms with van der Waals surface area (Å²) < 4.78 is 0. The Kier molecular flexibility index (Phi) is 5.54. The molecule has 0 saturated heterocycles. The van der Waals surface area contributed by atoms with E-state index in [-0.39, 0.29) is 0 Å². The average Bonchev–Trinajstić information content (AvgIpc) is 1.87. The van der Waals surface area contributed by atoms with Gasteiger partial charge in [0.15, 0.2) is 0 Å². The van der Waals surface area contributed by atoms with Gasteiger partial charge in [-0.15, -0.1) is 0 Å². The van der Waals surface area contributed by atoms with Crippen molar-refractivity contribution in [1.29, 1.82) is 0 Å². The molecule has 0 heteroatoms. The summed E-state index contributed by atoms with van der Waals surface area (Å²) in [6, 6.07) is 0. The highest BCUT2D eigenvalue weighted by Gasteiger charge is 1.77. The Morgan fingerprint density at radius 2 is 1.82 bits per heavy atom. The molecular weight excluding hydrogens is 132 g/mol. The Morgan fingerprint density at radius 3 is 2.27 bits per heavy atom. The molecular formula is C11H18. The fraction of sp³-hybridized carbons (Fsp3) is 0.455. The molecule has 0 radical (unpaired) electrons. The van der Waals surface area contributed by atoms with Gasteiger partial charge in [-0.25, -0.2) is 0 Å². The van der Waals surface area contributed by atoms with Crippen LogP contribution in [0, 0.1) is 0 Å². The molecule has 0 N–H and O–H groups in total. The Bertz CT molecular complexity index is 176. The van der Waals surface area contributed by atoms with Crippen LogP contribution in [-0.2, 0) is 0 Å². The second-order valence-corrected chi connectivity index (χ2v) is 2.96. The van der Waals surface area contributed by atoms with Gasteiger partial charge in [0.2, 0.25) is 0 Å². The molecule has 0 heterocycles. The van der Waals surface area contributed by atoms with E-state index in [1.54, 1.807) is 0 Å². The minimum Gasteiger partial charge on any atom is -0.0819 e. The lowest BCUT2D eigenvalue weighted by molar-refractivity contribution is 1.20. The Morgan fingerprint density at radius 1 is 1.18 bits per heavy atom. The van der Waals surface area contributed by atoms with E-state index < -0.39 is 0 Å². The first-order valence-electron chi connectivity index (χ1n) is 4.15. The third-order valence-corrected chi connectivity index (χ3v) is 1.31. The molecule has 0 saturated carbocycles. The lowest BCUT2D eigenvalue weighted by Gasteiger charge is -1.88. The highest BCUT2D eigenvalue weighted by atomic mass is 13.8. The largest absolute Gasteiger partial charge is 0.0819 e. The van der Waals surface area contributed by atoms with Gasteiger partial charge in [-0.3, -0.25) is 0 Å². The Labute approximate surface area is 70.3 Å². The summed E-state index contributed by atoms with van der Waals surface area (Å²) in [6.07, 6.45) is 9.68. The maximum absolute atomic E-state index is 2.22. The third-order valence-electron chi connectivity index (χ3n) is 1.31. The number of hydrogen-bond donors (Lipinski definition) is 0. The van der Waals surface area contributed by atoms with Crippen LogP contribution in [0.2, 0.25) is 0 Å². The molecule has 0 bridgehead atoms. The highest BCUT2D eigenvalue weighted by Crippen LogP contribution is 1.98. The molecule has 0 aliphatic rings. The van der Waals surface area contributed by atoms with Gasteiger partial charge in [0.25, 0.3) is 0 Å².